The number of allylic oxidation sites excluding steroid dienone is 5. The zero-order valence-corrected chi connectivity index (χ0v) is 38.1. The Morgan fingerprint density at radius 3 is 2.07 bits per heavy atom. The van der Waals surface area contributed by atoms with Crippen LogP contribution in [0.4, 0.5) is 5.69 Å². The van der Waals surface area contributed by atoms with Crippen LogP contribution in [0.3, 0.4) is 0 Å². The van der Waals surface area contributed by atoms with E-state index < -0.39 is 38.0 Å². The molecule has 3 heterocycles. The van der Waals surface area contributed by atoms with Crippen LogP contribution in [0.15, 0.2) is 132 Å². The van der Waals surface area contributed by atoms with Crippen LogP contribution in [-0.4, -0.2) is 81.7 Å². The molecular formula is C51H48N3O11S2+. The summed E-state index contributed by atoms with van der Waals surface area (Å²) in [7, 11) is -8.19. The SMILES string of the molecule is O=C(Cc1ccc(OC2=C(C=CC3=[N+](CCCCS(=O)(=O)O)c4cccc5cccc3c45)CCC2=CC=c2c3cccc4cccc(c43)n2CCCCS(=O)(=O)O)cc1)ON1C(=O)CCC1=O. The number of ether oxygens (including phenoxy) is 1. The maximum Gasteiger partial charge on any atom is 0.337 e. The summed E-state index contributed by atoms with van der Waals surface area (Å²) in [6.45, 7) is 1.05. The summed E-state index contributed by atoms with van der Waals surface area (Å²) in [5, 5.41) is 6.87. The van der Waals surface area contributed by atoms with E-state index >= 15 is 0 Å². The van der Waals surface area contributed by atoms with Gasteiger partial charge in [0.15, 0.2) is 0 Å². The van der Waals surface area contributed by atoms with Crippen molar-refractivity contribution >= 4 is 87.9 Å². The van der Waals surface area contributed by atoms with Crippen molar-refractivity contribution in [1.82, 2.24) is 9.63 Å². The number of aromatic nitrogens is 1. The Morgan fingerprint density at radius 2 is 1.36 bits per heavy atom. The number of benzene rings is 5. The average molecular weight is 943 g/mol. The molecule has 1 saturated heterocycles. The number of hydroxylamine groups is 2. The fourth-order valence-corrected chi connectivity index (χ4v) is 10.4. The topological polar surface area (TPSA) is 190 Å². The molecule has 3 aliphatic rings. The van der Waals surface area contributed by atoms with E-state index in [-0.39, 0.29) is 30.8 Å². The van der Waals surface area contributed by atoms with Crippen LogP contribution in [0, 0.1) is 0 Å². The first kappa shape index (κ1) is 45.4. The van der Waals surface area contributed by atoms with Gasteiger partial charge in [-0.1, -0.05) is 72.8 Å². The average Bonchev–Trinajstić information content (AvgIpc) is 4.01. The molecule has 6 aromatic rings. The number of amides is 2. The van der Waals surface area contributed by atoms with Crippen molar-refractivity contribution in [2.24, 2.45) is 0 Å². The van der Waals surface area contributed by atoms with Gasteiger partial charge in [0.25, 0.3) is 32.1 Å². The van der Waals surface area contributed by atoms with E-state index in [1.165, 1.54) is 0 Å². The van der Waals surface area contributed by atoms with Crippen LogP contribution in [-0.2, 0) is 52.4 Å². The van der Waals surface area contributed by atoms with Crippen molar-refractivity contribution in [2.75, 3.05) is 18.1 Å². The predicted octanol–water partition coefficient (Wildman–Crippen LogP) is 7.69. The third-order valence-corrected chi connectivity index (χ3v) is 14.0. The number of aryl methyl sites for hydroxylation is 1. The summed E-state index contributed by atoms with van der Waals surface area (Å²) in [5.41, 5.74) is 6.46. The van der Waals surface area contributed by atoms with Crippen LogP contribution in [0.2, 0.25) is 0 Å². The van der Waals surface area contributed by atoms with E-state index in [9.17, 15) is 40.3 Å². The summed E-state index contributed by atoms with van der Waals surface area (Å²) in [6.07, 6.45) is 11.0. The lowest BCUT2D eigenvalue weighted by molar-refractivity contribution is -0.436. The molecule has 0 saturated carbocycles. The lowest BCUT2D eigenvalue weighted by Gasteiger charge is -2.13. The summed E-state index contributed by atoms with van der Waals surface area (Å²) in [6, 6.07) is 31.5. The predicted molar refractivity (Wildman–Crippen MR) is 255 cm³/mol. The molecule has 16 heteroatoms. The minimum atomic E-state index is -4.09. The molecule has 344 valence electrons. The second kappa shape index (κ2) is 18.9. The maximum atomic E-state index is 12.7. The van der Waals surface area contributed by atoms with E-state index in [0.29, 0.717) is 73.7 Å². The van der Waals surface area contributed by atoms with Gasteiger partial charge in [-0.3, -0.25) is 18.7 Å². The fraction of sp³-hybridized carbons (Fsp3) is 0.255. The highest BCUT2D eigenvalue weighted by atomic mass is 32.2. The van der Waals surface area contributed by atoms with Crippen molar-refractivity contribution in [3.05, 3.63) is 149 Å². The molecule has 1 fully saturated rings. The van der Waals surface area contributed by atoms with Gasteiger partial charge in [-0.15, -0.1) is 5.06 Å². The van der Waals surface area contributed by atoms with Crippen LogP contribution in [0.1, 0.15) is 62.5 Å². The molecule has 2 amide bonds. The first-order valence-electron chi connectivity index (χ1n) is 22.2. The number of unbranched alkanes of at least 4 members (excludes halogenated alkanes) is 2. The minimum absolute atomic E-state index is 0.00150. The highest BCUT2D eigenvalue weighted by molar-refractivity contribution is 7.86. The first-order valence-corrected chi connectivity index (χ1v) is 25.4. The normalized spacial score (nSPS) is 16.5. The summed E-state index contributed by atoms with van der Waals surface area (Å²) in [5.74, 6) is -1.33. The molecule has 0 bridgehead atoms. The largest absolute Gasteiger partial charge is 0.457 e. The van der Waals surface area contributed by atoms with E-state index in [4.69, 9.17) is 9.57 Å². The van der Waals surface area contributed by atoms with Gasteiger partial charge < -0.3 is 14.1 Å². The highest BCUT2D eigenvalue weighted by Gasteiger charge is 2.33. The molecule has 2 N–H and O–H groups in total. The maximum absolute atomic E-state index is 12.7. The smallest absolute Gasteiger partial charge is 0.337 e. The zero-order chi connectivity index (χ0) is 46.9. The van der Waals surface area contributed by atoms with Crippen molar-refractivity contribution in [2.45, 2.75) is 64.3 Å². The van der Waals surface area contributed by atoms with Gasteiger partial charge in [-0.2, -0.15) is 21.4 Å². The Labute approximate surface area is 387 Å². The molecule has 0 radical (unpaired) electrons. The van der Waals surface area contributed by atoms with Gasteiger partial charge in [-0.25, -0.2) is 4.79 Å². The van der Waals surface area contributed by atoms with Crippen LogP contribution < -0.4 is 10.1 Å². The molecule has 0 unspecified atom stereocenters. The number of hydrogen-bond acceptors (Lipinski definition) is 9. The zero-order valence-electron chi connectivity index (χ0n) is 36.5. The molecule has 1 aliphatic carbocycles. The number of carbonyl (C=O) groups is 3. The molecule has 5 aromatic carbocycles. The molecule has 1 aromatic heterocycles. The second-order valence-electron chi connectivity index (χ2n) is 16.9. The van der Waals surface area contributed by atoms with Crippen molar-refractivity contribution in [3.8, 4) is 5.75 Å². The van der Waals surface area contributed by atoms with Crippen LogP contribution in [0.5, 0.6) is 5.75 Å². The van der Waals surface area contributed by atoms with E-state index in [2.05, 4.69) is 82.0 Å². The van der Waals surface area contributed by atoms with Gasteiger partial charge in [0.05, 0.1) is 28.9 Å². The third-order valence-electron chi connectivity index (χ3n) is 12.4. The van der Waals surface area contributed by atoms with Gasteiger partial charge in [0.2, 0.25) is 11.4 Å². The molecule has 2 aliphatic heterocycles. The summed E-state index contributed by atoms with van der Waals surface area (Å²) < 4.78 is 76.1. The fourth-order valence-electron chi connectivity index (χ4n) is 9.28. The molecule has 0 atom stereocenters. The number of nitrogens with zero attached hydrogens (tertiary/aromatic N) is 3. The molecule has 14 nitrogen and oxygen atoms in total. The van der Waals surface area contributed by atoms with Gasteiger partial charge in [0, 0.05) is 59.6 Å². The van der Waals surface area contributed by atoms with Gasteiger partial charge >= 0.3 is 5.97 Å². The Bertz CT molecular complexity index is 3380. The second-order valence-corrected chi connectivity index (χ2v) is 20.1. The van der Waals surface area contributed by atoms with Crippen molar-refractivity contribution in [3.63, 3.8) is 0 Å². The Kier molecular flexibility index (Phi) is 12.8. The molecule has 0 spiro atoms. The Hall–Kier alpha value is -6.72. The van der Waals surface area contributed by atoms with E-state index in [1.807, 2.05) is 24.3 Å². The number of carbonyl (C=O) groups excluding carboxylic acids is 3. The summed E-state index contributed by atoms with van der Waals surface area (Å²) >= 11 is 0. The summed E-state index contributed by atoms with van der Waals surface area (Å²) in [4.78, 5) is 41.8. The lowest BCUT2D eigenvalue weighted by atomic mass is 10.0. The Morgan fingerprint density at radius 1 is 0.701 bits per heavy atom. The number of imide groups is 1. The molecular weight excluding hydrogens is 895 g/mol. The van der Waals surface area contributed by atoms with Crippen molar-refractivity contribution < 1.29 is 54.5 Å². The number of rotatable bonds is 18. The monoisotopic (exact) mass is 942 g/mol. The Balaban J connectivity index is 1.09. The molecule has 67 heavy (non-hydrogen) atoms. The third kappa shape index (κ3) is 10.0. The van der Waals surface area contributed by atoms with Crippen LogP contribution >= 0.6 is 0 Å². The molecule has 9 rings (SSSR count). The standard InChI is InChI=1S/C51H47N3O11S2/c55-46-27-28-47(56)54(46)65-48(57)33-34-17-23-39(24-18-34)64-51-37(21-25-42-40-13-5-9-35-11-7-15-44(49(35)40)52(42)29-1-3-31-66(58,59)60)19-20-38(51)22-26-43-41-14-6-10-36-12-8-16-45(50(36)41)53(43)30-2-4-32-67(61,62)63/h5-18,21-26H,1-4,19-20,27-33H2,(H-,58,59,60,61,62,63)/p+1. The van der Waals surface area contributed by atoms with E-state index in [0.717, 1.165) is 65.9 Å². The van der Waals surface area contributed by atoms with E-state index in [1.54, 1.807) is 24.3 Å². The highest BCUT2D eigenvalue weighted by Crippen LogP contribution is 2.38. The van der Waals surface area contributed by atoms with Gasteiger partial charge in [0.1, 0.15) is 18.1 Å². The minimum Gasteiger partial charge on any atom is -0.457 e. The van der Waals surface area contributed by atoms with Crippen LogP contribution in [0.25, 0.3) is 38.5 Å². The lowest BCUT2D eigenvalue weighted by Crippen LogP contribution is -2.32. The van der Waals surface area contributed by atoms with Gasteiger partial charge in [-0.05, 0) is 96.0 Å². The quantitative estimate of drug-likeness (QED) is 0.0372. The van der Waals surface area contributed by atoms with Crippen molar-refractivity contribution in [1.29, 1.82) is 0 Å². The first-order chi connectivity index (χ1) is 32.2. The number of hydrogen-bond donors (Lipinski definition) is 2.